The van der Waals surface area contributed by atoms with E-state index in [4.69, 9.17) is 4.74 Å². The van der Waals surface area contributed by atoms with E-state index in [1.54, 1.807) is 24.3 Å². The molecule has 0 amide bonds. The van der Waals surface area contributed by atoms with Gasteiger partial charge in [-0.2, -0.15) is 0 Å². The largest absolute Gasteiger partial charge is 0.507 e. The molecule has 1 aliphatic rings. The molecule has 1 aliphatic heterocycles. The zero-order valence-corrected chi connectivity index (χ0v) is 19.4. The summed E-state index contributed by atoms with van der Waals surface area (Å²) in [7, 11) is 0. The number of hydrogen-bond acceptors (Lipinski definition) is 5. The van der Waals surface area contributed by atoms with Crippen molar-refractivity contribution < 1.29 is 14.9 Å². The Morgan fingerprint density at radius 3 is 2.03 bits per heavy atom. The highest BCUT2D eigenvalue weighted by Crippen LogP contribution is 2.28. The van der Waals surface area contributed by atoms with Gasteiger partial charge in [0.15, 0.2) is 0 Å². The molecule has 0 saturated carbocycles. The first kappa shape index (κ1) is 23.6. The van der Waals surface area contributed by atoms with Gasteiger partial charge in [0.2, 0.25) is 0 Å². The minimum atomic E-state index is 0.0562. The van der Waals surface area contributed by atoms with Crippen molar-refractivity contribution in [1.82, 2.24) is 9.80 Å². The average Bonchev–Trinajstić information content (AvgIpc) is 2.86. The lowest BCUT2D eigenvalue weighted by Crippen LogP contribution is -2.47. The molecule has 0 atom stereocenters. The zero-order valence-electron chi connectivity index (χ0n) is 19.4. The molecule has 1 fully saturated rings. The maximum Gasteiger partial charge on any atom is 0.126 e. The molecular weight excluding hydrogens is 424 g/mol. The molecule has 0 aromatic heterocycles. The molecule has 0 unspecified atom stereocenters. The molecule has 176 valence electrons. The molecule has 0 spiro atoms. The fourth-order valence-electron chi connectivity index (χ4n) is 3.96. The van der Waals surface area contributed by atoms with Crippen molar-refractivity contribution in [3.8, 4) is 17.2 Å². The van der Waals surface area contributed by atoms with Crippen LogP contribution >= 0.6 is 0 Å². The molecule has 0 aliphatic carbocycles. The third kappa shape index (κ3) is 6.98. The zero-order chi connectivity index (χ0) is 23.6. The van der Waals surface area contributed by atoms with Gasteiger partial charge in [-0.05, 0) is 41.5 Å². The second kappa shape index (κ2) is 12.1. The summed E-state index contributed by atoms with van der Waals surface area (Å²) in [5.74, 6) is 0.952. The minimum absolute atomic E-state index is 0.0562. The lowest BCUT2D eigenvalue weighted by atomic mass is 10.1. The van der Waals surface area contributed by atoms with Gasteiger partial charge in [0.25, 0.3) is 0 Å². The Kier molecular flexibility index (Phi) is 8.38. The van der Waals surface area contributed by atoms with Gasteiger partial charge in [0, 0.05) is 39.3 Å². The van der Waals surface area contributed by atoms with Crippen LogP contribution < -0.4 is 4.74 Å². The molecule has 3 aromatic carbocycles. The highest BCUT2D eigenvalue weighted by Gasteiger charge is 2.15. The molecular formula is C29H32N2O3. The number of hydrogen-bond donors (Lipinski definition) is 2. The Morgan fingerprint density at radius 1 is 0.676 bits per heavy atom. The van der Waals surface area contributed by atoms with Crippen molar-refractivity contribution in [2.24, 2.45) is 0 Å². The average molecular weight is 457 g/mol. The monoisotopic (exact) mass is 456 g/mol. The van der Waals surface area contributed by atoms with Crippen molar-refractivity contribution in [2.75, 3.05) is 45.9 Å². The summed E-state index contributed by atoms with van der Waals surface area (Å²) in [5, 5.41) is 19.7. The van der Waals surface area contributed by atoms with Gasteiger partial charge in [-0.1, -0.05) is 66.8 Å². The van der Waals surface area contributed by atoms with Crippen LogP contribution in [0.1, 0.15) is 16.7 Å². The highest BCUT2D eigenvalue weighted by molar-refractivity contribution is 5.75. The Morgan fingerprint density at radius 2 is 1.32 bits per heavy atom. The van der Waals surface area contributed by atoms with E-state index in [0.717, 1.165) is 50.6 Å². The Hall–Kier alpha value is -3.54. The predicted molar refractivity (Wildman–Crippen MR) is 139 cm³/mol. The third-order valence-electron chi connectivity index (χ3n) is 6.00. The van der Waals surface area contributed by atoms with E-state index in [2.05, 4.69) is 46.2 Å². The van der Waals surface area contributed by atoms with Crippen LogP contribution in [0.3, 0.4) is 0 Å². The molecule has 1 heterocycles. The van der Waals surface area contributed by atoms with Crippen LogP contribution in [0.4, 0.5) is 0 Å². The van der Waals surface area contributed by atoms with E-state index in [1.165, 1.54) is 5.56 Å². The maximum absolute atomic E-state index is 9.87. The van der Waals surface area contributed by atoms with Crippen molar-refractivity contribution in [2.45, 2.75) is 0 Å². The molecule has 1 saturated heterocycles. The molecule has 5 nitrogen and oxygen atoms in total. The molecule has 4 rings (SSSR count). The first-order valence-electron chi connectivity index (χ1n) is 11.8. The summed E-state index contributed by atoms with van der Waals surface area (Å²) in [6.07, 6.45) is 8.00. The number of phenols is 2. The van der Waals surface area contributed by atoms with Crippen LogP contribution in [-0.2, 0) is 0 Å². The smallest absolute Gasteiger partial charge is 0.126 e. The fraction of sp³-hybridized carbons (Fsp3) is 0.241. The van der Waals surface area contributed by atoms with E-state index in [-0.39, 0.29) is 11.5 Å². The number of benzene rings is 3. The van der Waals surface area contributed by atoms with Crippen LogP contribution in [-0.4, -0.2) is 65.9 Å². The van der Waals surface area contributed by atoms with Gasteiger partial charge in [0.1, 0.15) is 23.9 Å². The predicted octanol–water partition coefficient (Wildman–Crippen LogP) is 4.98. The van der Waals surface area contributed by atoms with Gasteiger partial charge in [-0.3, -0.25) is 9.80 Å². The van der Waals surface area contributed by atoms with Crippen molar-refractivity contribution in [3.63, 3.8) is 0 Å². The first-order chi connectivity index (χ1) is 16.7. The van der Waals surface area contributed by atoms with Crippen LogP contribution in [0.25, 0.3) is 18.2 Å². The summed E-state index contributed by atoms with van der Waals surface area (Å²) >= 11 is 0. The number of phenolic OH excluding ortho intramolecular Hbond substituents is 2. The molecule has 5 heteroatoms. The molecule has 3 aromatic rings. The second-order valence-corrected chi connectivity index (χ2v) is 8.42. The number of piperazine rings is 1. The van der Waals surface area contributed by atoms with E-state index in [0.29, 0.717) is 12.2 Å². The van der Waals surface area contributed by atoms with Crippen molar-refractivity contribution >= 4 is 18.2 Å². The lowest BCUT2D eigenvalue weighted by molar-refractivity contribution is 0.125. The maximum atomic E-state index is 9.87. The Bertz CT molecular complexity index is 1070. The third-order valence-corrected chi connectivity index (χ3v) is 6.00. The van der Waals surface area contributed by atoms with E-state index >= 15 is 0 Å². The van der Waals surface area contributed by atoms with Crippen molar-refractivity contribution in [3.05, 3.63) is 95.6 Å². The summed E-state index contributed by atoms with van der Waals surface area (Å²) in [5.41, 5.74) is 2.62. The van der Waals surface area contributed by atoms with E-state index in [9.17, 15) is 10.2 Å². The Balaban J connectivity index is 1.15. The summed E-state index contributed by atoms with van der Waals surface area (Å²) in [6.45, 7) is 6.84. The molecule has 2 N–H and O–H groups in total. The number of nitrogens with zero attached hydrogens (tertiary/aromatic N) is 2. The van der Waals surface area contributed by atoms with Crippen molar-refractivity contribution in [1.29, 1.82) is 0 Å². The van der Waals surface area contributed by atoms with Crippen LogP contribution in [0.5, 0.6) is 17.2 Å². The molecule has 34 heavy (non-hydrogen) atoms. The summed E-state index contributed by atoms with van der Waals surface area (Å²) in [4.78, 5) is 4.94. The summed E-state index contributed by atoms with van der Waals surface area (Å²) in [6, 6.07) is 23.0. The summed E-state index contributed by atoms with van der Waals surface area (Å²) < 4.78 is 5.93. The van der Waals surface area contributed by atoms with E-state index in [1.807, 2.05) is 36.4 Å². The first-order valence-corrected chi connectivity index (χ1v) is 11.8. The van der Waals surface area contributed by atoms with Gasteiger partial charge >= 0.3 is 0 Å². The van der Waals surface area contributed by atoms with Crippen LogP contribution in [0.15, 0.2) is 78.9 Å². The minimum Gasteiger partial charge on any atom is -0.507 e. The standard InChI is InChI=1S/C29H32N2O3/c32-28-9-4-10-29(33)27(28)16-13-25-11-14-26(15-12-25)34-23-22-31-20-18-30(19-21-31)17-5-8-24-6-2-1-3-7-24/h1-16,32-33H,17-23H2/b8-5?,16-13+. The second-order valence-electron chi connectivity index (χ2n) is 8.42. The topological polar surface area (TPSA) is 56.2 Å². The highest BCUT2D eigenvalue weighted by atomic mass is 16.5. The molecule has 0 radical (unpaired) electrons. The number of ether oxygens (including phenoxy) is 1. The fourth-order valence-corrected chi connectivity index (χ4v) is 3.96. The van der Waals surface area contributed by atoms with Gasteiger partial charge in [-0.15, -0.1) is 0 Å². The Labute approximate surface area is 201 Å². The quantitative estimate of drug-likeness (QED) is 0.445. The molecule has 0 bridgehead atoms. The SMILES string of the molecule is Oc1cccc(O)c1/C=C/c1ccc(OCCN2CCN(CC=Cc3ccccc3)CC2)cc1. The van der Waals surface area contributed by atoms with Gasteiger partial charge in [-0.25, -0.2) is 0 Å². The normalized spacial score (nSPS) is 15.3. The lowest BCUT2D eigenvalue weighted by Gasteiger charge is -2.34. The van der Waals surface area contributed by atoms with Gasteiger partial charge < -0.3 is 14.9 Å². The number of aromatic hydroxyl groups is 2. The number of rotatable bonds is 9. The van der Waals surface area contributed by atoms with Crippen LogP contribution in [0.2, 0.25) is 0 Å². The van der Waals surface area contributed by atoms with E-state index < -0.39 is 0 Å². The van der Waals surface area contributed by atoms with Crippen LogP contribution in [0, 0.1) is 0 Å². The van der Waals surface area contributed by atoms with Gasteiger partial charge in [0.05, 0.1) is 5.56 Å².